The van der Waals surface area contributed by atoms with Crippen molar-refractivity contribution in [3.8, 4) is 0 Å². The number of likely N-dealkylation sites (N-methyl/N-ethyl adjacent to an activating group) is 2. The minimum Gasteiger partial charge on any atom is -0.481 e. The number of nitrogens with zero attached hydrogens (tertiary/aromatic N) is 3. The van der Waals surface area contributed by atoms with Gasteiger partial charge in [0.05, 0.1) is 55.8 Å². The third-order valence-corrected chi connectivity index (χ3v) is 17.2. The average Bonchev–Trinajstić information content (AvgIpc) is 1.29. The van der Waals surface area contributed by atoms with Gasteiger partial charge in [0.15, 0.2) is 6.10 Å². The van der Waals surface area contributed by atoms with Gasteiger partial charge in [-0.25, -0.2) is 4.98 Å². The third kappa shape index (κ3) is 27.9. The molecule has 1 aliphatic rings. The van der Waals surface area contributed by atoms with Crippen LogP contribution in [-0.4, -0.2) is 218 Å². The maximum absolute atomic E-state index is 14.4. The zero-order valence-electron chi connectivity index (χ0n) is 58.0. The highest BCUT2D eigenvalue weighted by atomic mass is 32.1. The van der Waals surface area contributed by atoms with Crippen LogP contribution in [0.5, 0.6) is 0 Å². The van der Waals surface area contributed by atoms with Crippen molar-refractivity contribution < 1.29 is 81.6 Å². The van der Waals surface area contributed by atoms with E-state index in [1.165, 1.54) is 59.1 Å². The molecule has 2 aromatic rings. The molecular weight excluding hydrogens is 1270 g/mol. The molecule has 0 saturated heterocycles. The number of rotatable bonds is 19. The summed E-state index contributed by atoms with van der Waals surface area (Å²) in [6.45, 7) is 19.8. The molecule has 12 N–H and O–H groups in total. The summed E-state index contributed by atoms with van der Waals surface area (Å²) >= 11 is 1.03. The van der Waals surface area contributed by atoms with Crippen LogP contribution in [0.2, 0.25) is 0 Å². The first kappa shape index (κ1) is 82.0. The van der Waals surface area contributed by atoms with Crippen LogP contribution in [0.15, 0.2) is 23.6 Å². The number of aliphatic carboxylic acids is 1. The van der Waals surface area contributed by atoms with E-state index in [1.54, 1.807) is 50.9 Å². The molecule has 3 rings (SSSR count). The Labute approximate surface area is 565 Å². The number of nitrogens with one attached hydrogen (secondary N) is 11. The SMILES string of the molecule is CC[C@H](C)[C@H](NC(=O)C(C)(C)N(C)C)C(=O)N(C)[C@H](C[C@@H](OC(C)=O)c1nc(C(=O)N[C@@H](Cc2ccc3c(c2)NC(=O)[C@H](C)NC(=O)[C@H](C)NC(=O)CCOCCNC(=O)CCNCC(=O)NCCOCCC(=O)N[C@@H](C)C(=O)N[C@@H](C)C(=O)N3)CC(C)C(=O)O)cs1)C(C)C. The van der Waals surface area contributed by atoms with Crippen LogP contribution in [0.3, 0.4) is 0 Å². The van der Waals surface area contributed by atoms with Crippen LogP contribution in [0.4, 0.5) is 11.4 Å². The average molecular weight is 1370 g/mol. The molecule has 0 fully saturated rings. The molecule has 1 unspecified atom stereocenters. The number of carbonyl (C=O) groups excluding carboxylic acids is 12. The predicted octanol–water partition coefficient (Wildman–Crippen LogP) is 0.878. The minimum absolute atomic E-state index is 0.000929. The molecule has 536 valence electrons. The van der Waals surface area contributed by atoms with E-state index in [1.807, 2.05) is 27.7 Å². The van der Waals surface area contributed by atoms with Gasteiger partial charge in [-0.15, -0.1) is 11.3 Å². The molecule has 0 spiro atoms. The standard InChI is InChI=1S/C64H102N14O17S/c1-16-36(4)54(76-63(92)64(11,12)77(13)14)61(89)78(15)48(35(2)3)32-49(95-42(10)79)60-75-47(34-96-60)59(88)72-44(29-37(5)62(90)91)30-43-17-18-45-46(31-43)74-58(87)41(9)71-56(85)39(7)69-51(81)20-25-93-27-23-66-50(80)19-22-65-33-53(83)67-24-28-94-26-21-52(82)68-38(6)55(84)70-40(8)57(86)73-45/h17-18,31,34-41,44,48-49,54,65H,16,19-30,32-33H2,1-15H3,(H,66,80)(H,67,83)(H,68,82)(H,69,81)(H,70,84)(H,71,85)(H,72,88)(H,73,86)(H,74,87)(H,76,92)(H,90,91)/t36-,37?,38-,39-,40-,41-,44+,48+,49+,54-/m0/s1. The number of anilines is 2. The summed E-state index contributed by atoms with van der Waals surface area (Å²) in [5, 5.41) is 41.4. The first-order valence-corrected chi connectivity index (χ1v) is 33.2. The number of benzene rings is 1. The van der Waals surface area contributed by atoms with Crippen LogP contribution in [-0.2, 0) is 78.2 Å². The lowest BCUT2D eigenvalue weighted by atomic mass is 9.92. The largest absolute Gasteiger partial charge is 0.481 e. The van der Waals surface area contributed by atoms with Gasteiger partial charge >= 0.3 is 11.9 Å². The van der Waals surface area contributed by atoms with Gasteiger partial charge in [0.25, 0.3) is 5.91 Å². The molecule has 1 aromatic carbocycles. The van der Waals surface area contributed by atoms with Gasteiger partial charge in [-0.3, -0.25) is 67.2 Å². The number of thiazole rings is 1. The van der Waals surface area contributed by atoms with Gasteiger partial charge in [0.1, 0.15) is 40.9 Å². The van der Waals surface area contributed by atoms with Crippen molar-refractivity contribution in [1.29, 1.82) is 0 Å². The second-order valence-electron chi connectivity index (χ2n) is 25.1. The third-order valence-electron chi connectivity index (χ3n) is 16.3. The van der Waals surface area contributed by atoms with Gasteiger partial charge in [-0.2, -0.15) is 0 Å². The molecule has 11 amide bonds. The molecule has 10 atom stereocenters. The fourth-order valence-electron chi connectivity index (χ4n) is 9.48. The first-order valence-electron chi connectivity index (χ1n) is 32.3. The summed E-state index contributed by atoms with van der Waals surface area (Å²) in [6.07, 6.45) is -0.805. The lowest BCUT2D eigenvalue weighted by Crippen LogP contribution is -2.60. The summed E-state index contributed by atoms with van der Waals surface area (Å²) in [6, 6.07) is -2.72. The van der Waals surface area contributed by atoms with Gasteiger partial charge in [0, 0.05) is 76.8 Å². The van der Waals surface area contributed by atoms with Crippen LogP contribution in [0.1, 0.15) is 149 Å². The van der Waals surface area contributed by atoms with E-state index in [2.05, 4.69) is 63.5 Å². The Morgan fingerprint density at radius 2 is 1.25 bits per heavy atom. The number of aromatic nitrogens is 1. The van der Waals surface area contributed by atoms with Crippen molar-refractivity contribution >= 4 is 99.6 Å². The van der Waals surface area contributed by atoms with Gasteiger partial charge in [-0.05, 0) is 98.0 Å². The van der Waals surface area contributed by atoms with E-state index in [4.69, 9.17) is 14.2 Å². The molecule has 2 heterocycles. The van der Waals surface area contributed by atoms with Crippen molar-refractivity contribution in [2.24, 2.45) is 17.8 Å². The second kappa shape index (κ2) is 40.4. The Balaban J connectivity index is 1.96. The van der Waals surface area contributed by atoms with Crippen LogP contribution < -0.4 is 58.5 Å². The lowest BCUT2D eigenvalue weighted by Gasteiger charge is -2.38. The molecule has 0 saturated carbocycles. The Morgan fingerprint density at radius 1 is 0.708 bits per heavy atom. The number of fused-ring (bicyclic) bond motifs is 1. The molecular formula is C64H102N14O17S. The summed E-state index contributed by atoms with van der Waals surface area (Å²) < 4.78 is 16.8. The number of hydrogen-bond acceptors (Lipinski definition) is 20. The summed E-state index contributed by atoms with van der Waals surface area (Å²) in [5.74, 6) is -9.46. The number of hydrogen-bond donors (Lipinski definition) is 12. The van der Waals surface area contributed by atoms with E-state index >= 15 is 0 Å². The molecule has 1 aromatic heterocycles. The van der Waals surface area contributed by atoms with Gasteiger partial charge < -0.3 is 82.7 Å². The fraction of sp³-hybridized carbons (Fsp3) is 0.656. The molecule has 0 aliphatic carbocycles. The molecule has 0 bridgehead atoms. The van der Waals surface area contributed by atoms with Crippen LogP contribution in [0, 0.1) is 17.8 Å². The molecule has 31 nitrogen and oxygen atoms in total. The van der Waals surface area contributed by atoms with Gasteiger partial charge in [0.2, 0.25) is 59.1 Å². The smallest absolute Gasteiger partial charge is 0.306 e. The van der Waals surface area contributed by atoms with Gasteiger partial charge in [-0.1, -0.05) is 47.1 Å². The number of amides is 11. The quantitative estimate of drug-likeness (QED) is 0.0869. The van der Waals surface area contributed by atoms with E-state index in [0.29, 0.717) is 12.0 Å². The molecule has 96 heavy (non-hydrogen) atoms. The molecule has 0 radical (unpaired) electrons. The number of carboxylic acid groups (broad SMARTS) is 1. The topological polar surface area (TPSA) is 422 Å². The van der Waals surface area contributed by atoms with E-state index in [0.717, 1.165) is 11.3 Å². The monoisotopic (exact) mass is 1370 g/mol. The van der Waals surface area contributed by atoms with Crippen molar-refractivity contribution in [3.05, 3.63) is 39.8 Å². The lowest BCUT2D eigenvalue weighted by molar-refractivity contribution is -0.149. The number of carbonyl (C=O) groups is 13. The van der Waals surface area contributed by atoms with Crippen LogP contribution >= 0.6 is 11.3 Å². The Kier molecular flexibility index (Phi) is 34.5. The Morgan fingerprint density at radius 3 is 1.77 bits per heavy atom. The second-order valence-corrected chi connectivity index (χ2v) is 25.9. The van der Waals surface area contributed by atoms with Crippen molar-refractivity contribution in [2.75, 3.05) is 84.4 Å². The molecule has 1 aliphatic heterocycles. The first-order chi connectivity index (χ1) is 45.1. The number of carboxylic acids is 1. The van der Waals surface area contributed by atoms with Crippen LogP contribution in [0.25, 0.3) is 0 Å². The Hall–Kier alpha value is -8.20. The van der Waals surface area contributed by atoms with Crippen molar-refractivity contribution in [1.82, 2.24) is 62.6 Å². The normalized spacial score (nSPS) is 20.8. The highest BCUT2D eigenvalue weighted by molar-refractivity contribution is 7.09. The maximum Gasteiger partial charge on any atom is 0.306 e. The Bertz CT molecular complexity index is 3020. The zero-order valence-corrected chi connectivity index (χ0v) is 58.8. The summed E-state index contributed by atoms with van der Waals surface area (Å²) in [4.78, 5) is 180. The highest BCUT2D eigenvalue weighted by Gasteiger charge is 2.39. The van der Waals surface area contributed by atoms with E-state index in [-0.39, 0.29) is 149 Å². The fourth-order valence-corrected chi connectivity index (χ4v) is 10.3. The number of esters is 1. The van der Waals surface area contributed by atoms with E-state index in [9.17, 15) is 67.4 Å². The molecule has 32 heteroatoms. The highest BCUT2D eigenvalue weighted by Crippen LogP contribution is 2.32. The minimum atomic E-state index is -1.27. The van der Waals surface area contributed by atoms with Crippen molar-refractivity contribution in [2.45, 2.75) is 182 Å². The zero-order chi connectivity index (χ0) is 72.1. The summed E-state index contributed by atoms with van der Waals surface area (Å²) in [5.41, 5.74) is -0.667. The number of ether oxygens (including phenoxy) is 3. The summed E-state index contributed by atoms with van der Waals surface area (Å²) in [7, 11) is 5.17. The van der Waals surface area contributed by atoms with Crippen molar-refractivity contribution in [3.63, 3.8) is 0 Å². The predicted molar refractivity (Wildman–Crippen MR) is 357 cm³/mol. The maximum atomic E-state index is 14.4. The van der Waals surface area contributed by atoms with E-state index < -0.39 is 113 Å².